The average Bonchev–Trinajstić information content (AvgIpc) is 2.79. The van der Waals surface area contributed by atoms with Gasteiger partial charge in [-0.1, -0.05) is 54.1 Å². The maximum Gasteiger partial charge on any atom is -0.0133 e. The third-order valence-electron chi connectivity index (χ3n) is 2.90. The lowest BCUT2D eigenvalue weighted by molar-refractivity contribution is 0.724. The lowest BCUT2D eigenvalue weighted by Crippen LogP contribution is -1.86. The first-order valence-corrected chi connectivity index (χ1v) is 5.83. The summed E-state index contributed by atoms with van der Waals surface area (Å²) in [6, 6.07) is 10.8. The monoisotopic (exact) mass is 198 g/mol. The van der Waals surface area contributed by atoms with Crippen molar-refractivity contribution in [1.29, 1.82) is 0 Å². The van der Waals surface area contributed by atoms with Gasteiger partial charge in [-0.3, -0.25) is 0 Å². The number of allylic oxidation sites excluding steroid dienone is 4. The molecule has 1 aromatic carbocycles. The van der Waals surface area contributed by atoms with E-state index in [9.17, 15) is 0 Å². The molecule has 0 heteroatoms. The lowest BCUT2D eigenvalue weighted by atomic mass is 10.0. The zero-order valence-electron chi connectivity index (χ0n) is 9.15. The smallest absolute Gasteiger partial charge is 0.0133 e. The van der Waals surface area contributed by atoms with E-state index in [1.165, 1.54) is 37.7 Å². The Morgan fingerprint density at radius 1 is 0.933 bits per heavy atom. The highest BCUT2D eigenvalue weighted by Crippen LogP contribution is 2.17. The van der Waals surface area contributed by atoms with Crippen molar-refractivity contribution >= 4 is 0 Å². The highest BCUT2D eigenvalue weighted by molar-refractivity contribution is 5.22. The molecule has 1 aliphatic rings. The molecule has 0 radical (unpaired) electrons. The number of hydrogen-bond donors (Lipinski definition) is 0. The summed E-state index contributed by atoms with van der Waals surface area (Å²) in [4.78, 5) is 0. The van der Waals surface area contributed by atoms with Gasteiger partial charge in [0, 0.05) is 0 Å². The molecule has 0 saturated carbocycles. The van der Waals surface area contributed by atoms with Crippen LogP contribution in [0, 0.1) is 0 Å². The van der Waals surface area contributed by atoms with Gasteiger partial charge in [0.15, 0.2) is 0 Å². The molecule has 0 bridgehead atoms. The van der Waals surface area contributed by atoms with E-state index >= 15 is 0 Å². The number of hydrogen-bond acceptors (Lipinski definition) is 0. The quantitative estimate of drug-likeness (QED) is 0.619. The molecule has 0 unspecified atom stereocenters. The first-order chi connectivity index (χ1) is 7.45. The minimum atomic E-state index is 1.19. The van der Waals surface area contributed by atoms with Gasteiger partial charge in [0.1, 0.15) is 0 Å². The summed E-state index contributed by atoms with van der Waals surface area (Å²) in [5, 5.41) is 0. The number of aryl methyl sites for hydroxylation is 1. The van der Waals surface area contributed by atoms with E-state index in [1.54, 1.807) is 5.57 Å². The van der Waals surface area contributed by atoms with Crippen LogP contribution in [0.4, 0.5) is 0 Å². The zero-order valence-corrected chi connectivity index (χ0v) is 9.15. The van der Waals surface area contributed by atoms with Gasteiger partial charge in [-0.25, -0.2) is 0 Å². The summed E-state index contributed by atoms with van der Waals surface area (Å²) in [6.07, 6.45) is 13.0. The van der Waals surface area contributed by atoms with Crippen molar-refractivity contribution < 1.29 is 0 Å². The molecule has 1 aliphatic carbocycles. The first-order valence-electron chi connectivity index (χ1n) is 5.83. The molecule has 0 atom stereocenters. The van der Waals surface area contributed by atoms with Gasteiger partial charge in [-0.05, 0) is 37.7 Å². The minimum Gasteiger partial charge on any atom is -0.0805 e. The van der Waals surface area contributed by atoms with Crippen molar-refractivity contribution in [2.24, 2.45) is 0 Å². The van der Waals surface area contributed by atoms with E-state index < -0.39 is 0 Å². The van der Waals surface area contributed by atoms with Gasteiger partial charge in [-0.15, -0.1) is 0 Å². The molecule has 0 aliphatic heterocycles. The molecule has 0 fully saturated rings. The van der Waals surface area contributed by atoms with Crippen molar-refractivity contribution in [3.8, 4) is 0 Å². The second-order valence-corrected chi connectivity index (χ2v) is 4.15. The van der Waals surface area contributed by atoms with Crippen LogP contribution in [0.15, 0.2) is 54.1 Å². The molecule has 0 spiro atoms. The fourth-order valence-corrected chi connectivity index (χ4v) is 2.00. The Morgan fingerprint density at radius 2 is 1.73 bits per heavy atom. The van der Waals surface area contributed by atoms with E-state index in [-0.39, 0.29) is 0 Å². The van der Waals surface area contributed by atoms with Crippen molar-refractivity contribution in [2.45, 2.75) is 32.1 Å². The van der Waals surface area contributed by atoms with Crippen LogP contribution in [0.3, 0.4) is 0 Å². The van der Waals surface area contributed by atoms with Gasteiger partial charge < -0.3 is 0 Å². The Balaban J connectivity index is 1.63. The second-order valence-electron chi connectivity index (χ2n) is 4.15. The van der Waals surface area contributed by atoms with Gasteiger partial charge in [0.25, 0.3) is 0 Å². The predicted molar refractivity (Wildman–Crippen MR) is 65.8 cm³/mol. The second kappa shape index (κ2) is 5.55. The molecule has 2 rings (SSSR count). The molecule has 0 N–H and O–H groups in total. The summed E-state index contributed by atoms with van der Waals surface area (Å²) >= 11 is 0. The van der Waals surface area contributed by atoms with Crippen molar-refractivity contribution in [1.82, 2.24) is 0 Å². The summed E-state index contributed by atoms with van der Waals surface area (Å²) in [5.41, 5.74) is 3.07. The Labute approximate surface area is 92.3 Å². The van der Waals surface area contributed by atoms with Crippen molar-refractivity contribution in [3.63, 3.8) is 0 Å². The van der Waals surface area contributed by atoms with Crippen LogP contribution in [-0.2, 0) is 6.42 Å². The maximum atomic E-state index is 2.27. The summed E-state index contributed by atoms with van der Waals surface area (Å²) in [7, 11) is 0. The zero-order chi connectivity index (χ0) is 10.3. The van der Waals surface area contributed by atoms with Crippen LogP contribution < -0.4 is 0 Å². The number of benzene rings is 1. The first kappa shape index (κ1) is 10.2. The fraction of sp³-hybridized carbons (Fsp3) is 0.333. The van der Waals surface area contributed by atoms with E-state index in [0.29, 0.717) is 0 Å². The van der Waals surface area contributed by atoms with Gasteiger partial charge >= 0.3 is 0 Å². The Morgan fingerprint density at radius 3 is 2.47 bits per heavy atom. The molecule has 0 amide bonds. The van der Waals surface area contributed by atoms with Gasteiger partial charge in [0.05, 0.1) is 0 Å². The van der Waals surface area contributed by atoms with Gasteiger partial charge in [-0.2, -0.15) is 0 Å². The summed E-state index contributed by atoms with van der Waals surface area (Å²) in [5.74, 6) is 0. The average molecular weight is 198 g/mol. The highest BCUT2D eigenvalue weighted by Gasteiger charge is 1.99. The third-order valence-corrected chi connectivity index (χ3v) is 2.90. The number of unbranched alkanes of at least 4 members (excludes halogenated alkanes) is 1. The fourth-order valence-electron chi connectivity index (χ4n) is 2.00. The van der Waals surface area contributed by atoms with Crippen molar-refractivity contribution in [3.05, 3.63) is 59.7 Å². The minimum absolute atomic E-state index is 1.19. The molecule has 78 valence electrons. The SMILES string of the molecule is C1=CCC(CCCCc2ccccc2)=C1. The topological polar surface area (TPSA) is 0 Å². The molecule has 0 aromatic heterocycles. The Hall–Kier alpha value is -1.30. The Kier molecular flexibility index (Phi) is 3.78. The Bertz CT molecular complexity index is 344. The molecule has 1 aromatic rings. The largest absolute Gasteiger partial charge is 0.0805 e. The molecule has 0 saturated heterocycles. The molecule has 0 nitrogen and oxygen atoms in total. The summed E-state index contributed by atoms with van der Waals surface area (Å²) < 4.78 is 0. The van der Waals surface area contributed by atoms with Crippen LogP contribution in [0.5, 0.6) is 0 Å². The number of rotatable bonds is 5. The van der Waals surface area contributed by atoms with E-state index in [2.05, 4.69) is 48.6 Å². The van der Waals surface area contributed by atoms with Crippen molar-refractivity contribution in [2.75, 3.05) is 0 Å². The van der Waals surface area contributed by atoms with Crippen LogP contribution in [0.1, 0.15) is 31.2 Å². The van der Waals surface area contributed by atoms with Gasteiger partial charge in [0.2, 0.25) is 0 Å². The highest BCUT2D eigenvalue weighted by atomic mass is 14.0. The predicted octanol–water partition coefficient (Wildman–Crippen LogP) is 4.29. The van der Waals surface area contributed by atoms with Crippen LogP contribution in [-0.4, -0.2) is 0 Å². The summed E-state index contributed by atoms with van der Waals surface area (Å²) in [6.45, 7) is 0. The van der Waals surface area contributed by atoms with Crippen LogP contribution in [0.25, 0.3) is 0 Å². The normalized spacial score (nSPS) is 14.3. The standard InChI is InChI=1S/C15H18/c1-2-8-14(9-3-1)10-4-5-11-15-12-6-7-13-15/h1-3,6-9,12H,4-5,10-11,13H2. The molecule has 0 heterocycles. The van der Waals surface area contributed by atoms with E-state index in [1.807, 2.05) is 0 Å². The lowest BCUT2D eigenvalue weighted by Gasteiger charge is -2.02. The van der Waals surface area contributed by atoms with E-state index in [0.717, 1.165) is 0 Å². The molecule has 15 heavy (non-hydrogen) atoms. The maximum absolute atomic E-state index is 2.27. The third kappa shape index (κ3) is 3.39. The molecular weight excluding hydrogens is 180 g/mol. The van der Waals surface area contributed by atoms with E-state index in [4.69, 9.17) is 0 Å². The van der Waals surface area contributed by atoms with Crippen LogP contribution in [0.2, 0.25) is 0 Å². The van der Waals surface area contributed by atoms with Crippen LogP contribution >= 0.6 is 0 Å². The molecular formula is C15H18.